The number of hydrogen-bond acceptors (Lipinski definition) is 5. The highest BCUT2D eigenvalue weighted by Crippen LogP contribution is 2.22. The Bertz CT molecular complexity index is 274. The van der Waals surface area contributed by atoms with Crippen LogP contribution < -0.4 is 5.32 Å². The minimum absolute atomic E-state index is 0.0548. The predicted octanol–water partition coefficient (Wildman–Crippen LogP) is 0.208. The second kappa shape index (κ2) is 5.33. The number of aliphatic hydroxyl groups is 1. The van der Waals surface area contributed by atoms with Gasteiger partial charge in [0.25, 0.3) is 0 Å². The maximum absolute atomic E-state index is 11.8. The summed E-state index contributed by atoms with van der Waals surface area (Å²) in [6.07, 6.45) is 1.75. The summed E-state index contributed by atoms with van der Waals surface area (Å²) in [5, 5.41) is 12.3. The molecular formula is C12H21NO4. The smallest absolute Gasteiger partial charge is 0.323 e. The van der Waals surface area contributed by atoms with Crippen molar-refractivity contribution in [3.63, 3.8) is 0 Å². The molecule has 2 rings (SSSR count). The molecule has 0 spiro atoms. The van der Waals surface area contributed by atoms with Crippen LogP contribution in [0.1, 0.15) is 33.1 Å². The molecule has 98 valence electrons. The Morgan fingerprint density at radius 3 is 2.47 bits per heavy atom. The van der Waals surface area contributed by atoms with Gasteiger partial charge in [0.15, 0.2) is 0 Å². The Kier molecular flexibility index (Phi) is 4.01. The molecule has 0 aromatic carbocycles. The molecule has 5 nitrogen and oxygen atoms in total. The molecule has 0 amide bonds. The summed E-state index contributed by atoms with van der Waals surface area (Å²) in [7, 11) is 0. The average Bonchev–Trinajstić information content (AvgIpc) is 2.63. The molecule has 5 heteroatoms. The Morgan fingerprint density at radius 1 is 1.29 bits per heavy atom. The molecule has 17 heavy (non-hydrogen) atoms. The highest BCUT2D eigenvalue weighted by Gasteiger charge is 2.33. The quantitative estimate of drug-likeness (QED) is 0.679. The van der Waals surface area contributed by atoms with E-state index in [2.05, 4.69) is 5.32 Å². The molecule has 2 aliphatic rings. The molecule has 2 N–H and O–H groups in total. The number of carbonyl (C=O) groups is 1. The number of β-amino-alcohol motifs (C(OH)–C–C–N with tert-alkyl or cyclic N) is 1. The first-order valence-electron chi connectivity index (χ1n) is 6.32. The van der Waals surface area contributed by atoms with Crippen molar-refractivity contribution in [2.45, 2.75) is 63.6 Å². The van der Waals surface area contributed by atoms with Crippen molar-refractivity contribution in [2.24, 2.45) is 0 Å². The molecule has 0 aliphatic carbocycles. The summed E-state index contributed by atoms with van der Waals surface area (Å²) in [5.74, 6) is -0.243. The lowest BCUT2D eigenvalue weighted by molar-refractivity contribution is -0.161. The number of esters is 1. The van der Waals surface area contributed by atoms with Crippen LogP contribution in [0.3, 0.4) is 0 Å². The Hall–Kier alpha value is -0.650. The van der Waals surface area contributed by atoms with Gasteiger partial charge in [-0.25, -0.2) is 0 Å². The standard InChI is InChI=1S/C12H21NO4/c1-7-3-10(4-8(2)16-7)17-12(15)11-5-9(14)6-13-11/h7-11,13-14H,3-6H2,1-2H3/t7?,8?,9-,10?,11+/m1/s1. The minimum atomic E-state index is -0.430. The third-order valence-electron chi connectivity index (χ3n) is 3.33. The van der Waals surface area contributed by atoms with E-state index >= 15 is 0 Å². The van der Waals surface area contributed by atoms with Gasteiger partial charge in [0.2, 0.25) is 0 Å². The number of nitrogens with one attached hydrogen (secondary N) is 1. The fraction of sp³-hybridized carbons (Fsp3) is 0.917. The van der Waals surface area contributed by atoms with Gasteiger partial charge in [-0.2, -0.15) is 0 Å². The first kappa shape index (κ1) is 12.8. The van der Waals surface area contributed by atoms with Gasteiger partial charge in [0.1, 0.15) is 12.1 Å². The predicted molar refractivity (Wildman–Crippen MR) is 61.5 cm³/mol. The van der Waals surface area contributed by atoms with Crippen LogP contribution in [-0.4, -0.2) is 48.1 Å². The van der Waals surface area contributed by atoms with Crippen molar-refractivity contribution in [1.29, 1.82) is 0 Å². The maximum Gasteiger partial charge on any atom is 0.323 e. The van der Waals surface area contributed by atoms with E-state index in [-0.39, 0.29) is 30.3 Å². The molecule has 4 atom stereocenters. The first-order chi connectivity index (χ1) is 8.04. The van der Waals surface area contributed by atoms with E-state index in [0.717, 1.165) is 12.8 Å². The normalized spacial score (nSPS) is 42.4. The Labute approximate surface area is 101 Å². The van der Waals surface area contributed by atoms with Crippen LogP contribution in [0.5, 0.6) is 0 Å². The summed E-state index contributed by atoms with van der Waals surface area (Å²) in [6, 6.07) is -0.349. The van der Waals surface area contributed by atoms with E-state index in [1.54, 1.807) is 0 Å². The summed E-state index contributed by atoms with van der Waals surface area (Å²) in [4.78, 5) is 11.8. The van der Waals surface area contributed by atoms with E-state index in [4.69, 9.17) is 9.47 Å². The molecular weight excluding hydrogens is 222 g/mol. The van der Waals surface area contributed by atoms with Crippen LogP contribution in [0.25, 0.3) is 0 Å². The number of aliphatic hydroxyl groups excluding tert-OH is 1. The van der Waals surface area contributed by atoms with Gasteiger partial charge in [-0.15, -0.1) is 0 Å². The Morgan fingerprint density at radius 2 is 1.94 bits per heavy atom. The highest BCUT2D eigenvalue weighted by atomic mass is 16.6. The summed E-state index contributed by atoms with van der Waals surface area (Å²) in [6.45, 7) is 4.46. The molecule has 2 unspecified atom stereocenters. The van der Waals surface area contributed by atoms with Gasteiger partial charge < -0.3 is 19.9 Å². The van der Waals surface area contributed by atoms with Crippen LogP contribution in [-0.2, 0) is 14.3 Å². The topological polar surface area (TPSA) is 67.8 Å². The average molecular weight is 243 g/mol. The Balaban J connectivity index is 1.81. The second-order valence-corrected chi connectivity index (χ2v) is 5.14. The summed E-state index contributed by atoms with van der Waals surface area (Å²) in [5.41, 5.74) is 0. The summed E-state index contributed by atoms with van der Waals surface area (Å²) < 4.78 is 11.1. The molecule has 0 saturated carbocycles. The van der Waals surface area contributed by atoms with Gasteiger partial charge in [-0.1, -0.05) is 0 Å². The van der Waals surface area contributed by atoms with E-state index < -0.39 is 6.10 Å². The number of carbonyl (C=O) groups excluding carboxylic acids is 1. The first-order valence-corrected chi connectivity index (χ1v) is 6.32. The lowest BCUT2D eigenvalue weighted by atomic mass is 10.0. The SMILES string of the molecule is CC1CC(OC(=O)[C@@H]2C[C@@H](O)CN2)CC(C)O1. The second-order valence-electron chi connectivity index (χ2n) is 5.14. The largest absolute Gasteiger partial charge is 0.461 e. The number of ether oxygens (including phenoxy) is 2. The van der Waals surface area contributed by atoms with Crippen LogP contribution in [0.2, 0.25) is 0 Å². The molecule has 0 aromatic rings. The number of hydrogen-bond donors (Lipinski definition) is 2. The summed E-state index contributed by atoms with van der Waals surface area (Å²) >= 11 is 0. The highest BCUT2D eigenvalue weighted by molar-refractivity contribution is 5.76. The van der Waals surface area contributed by atoms with Crippen molar-refractivity contribution in [3.8, 4) is 0 Å². The van der Waals surface area contributed by atoms with Crippen molar-refractivity contribution in [3.05, 3.63) is 0 Å². The zero-order chi connectivity index (χ0) is 12.4. The van der Waals surface area contributed by atoms with Crippen molar-refractivity contribution in [2.75, 3.05) is 6.54 Å². The van der Waals surface area contributed by atoms with Gasteiger partial charge in [-0.05, 0) is 13.8 Å². The fourth-order valence-electron chi connectivity index (χ4n) is 2.58. The van der Waals surface area contributed by atoms with Gasteiger partial charge in [0.05, 0.1) is 18.3 Å². The monoisotopic (exact) mass is 243 g/mol. The molecule has 0 aromatic heterocycles. The van der Waals surface area contributed by atoms with Gasteiger partial charge >= 0.3 is 5.97 Å². The van der Waals surface area contributed by atoms with Crippen molar-refractivity contribution < 1.29 is 19.4 Å². The van der Waals surface area contributed by atoms with E-state index in [1.165, 1.54) is 0 Å². The van der Waals surface area contributed by atoms with Crippen LogP contribution >= 0.6 is 0 Å². The minimum Gasteiger partial charge on any atom is -0.461 e. The zero-order valence-electron chi connectivity index (χ0n) is 10.4. The fourth-order valence-corrected chi connectivity index (χ4v) is 2.58. The van der Waals surface area contributed by atoms with E-state index in [1.807, 2.05) is 13.8 Å². The molecule has 2 fully saturated rings. The molecule has 2 saturated heterocycles. The molecule has 2 aliphatic heterocycles. The van der Waals surface area contributed by atoms with Crippen molar-refractivity contribution >= 4 is 5.97 Å². The van der Waals surface area contributed by atoms with Gasteiger partial charge in [0, 0.05) is 25.8 Å². The van der Waals surface area contributed by atoms with Crippen LogP contribution in [0, 0.1) is 0 Å². The molecule has 0 bridgehead atoms. The van der Waals surface area contributed by atoms with Gasteiger partial charge in [-0.3, -0.25) is 4.79 Å². The third kappa shape index (κ3) is 3.40. The molecule has 0 radical (unpaired) electrons. The zero-order valence-corrected chi connectivity index (χ0v) is 10.4. The van der Waals surface area contributed by atoms with Crippen molar-refractivity contribution in [1.82, 2.24) is 5.32 Å². The lowest BCUT2D eigenvalue weighted by Gasteiger charge is -2.32. The lowest BCUT2D eigenvalue weighted by Crippen LogP contribution is -2.40. The third-order valence-corrected chi connectivity index (χ3v) is 3.33. The van der Waals surface area contributed by atoms with Crippen LogP contribution in [0.15, 0.2) is 0 Å². The maximum atomic E-state index is 11.8. The molecule has 2 heterocycles. The van der Waals surface area contributed by atoms with E-state index in [9.17, 15) is 9.90 Å². The van der Waals surface area contributed by atoms with Crippen LogP contribution in [0.4, 0.5) is 0 Å². The number of rotatable bonds is 2. The van der Waals surface area contributed by atoms with E-state index in [0.29, 0.717) is 13.0 Å².